The topological polar surface area (TPSA) is 32.3 Å². The molecule has 0 heterocycles. The van der Waals surface area contributed by atoms with Gasteiger partial charge < -0.3 is 10.4 Å². The molecular weight excluding hydrogens is 186 g/mol. The highest BCUT2D eigenvalue weighted by molar-refractivity contribution is 4.87. The van der Waals surface area contributed by atoms with E-state index in [1.54, 1.807) is 0 Å². The van der Waals surface area contributed by atoms with E-state index in [0.29, 0.717) is 12.1 Å². The van der Waals surface area contributed by atoms with Gasteiger partial charge in [0.2, 0.25) is 0 Å². The number of hydrogen-bond acceptors (Lipinski definition) is 2. The van der Waals surface area contributed by atoms with Gasteiger partial charge >= 0.3 is 0 Å². The molecule has 0 bridgehead atoms. The van der Waals surface area contributed by atoms with Crippen LogP contribution in [0.3, 0.4) is 0 Å². The Morgan fingerprint density at radius 1 is 0.867 bits per heavy atom. The van der Waals surface area contributed by atoms with Crippen LogP contribution in [-0.4, -0.2) is 23.3 Å². The molecule has 2 unspecified atom stereocenters. The first-order chi connectivity index (χ1) is 7.27. The highest BCUT2D eigenvalue weighted by Gasteiger charge is 2.28. The summed E-state index contributed by atoms with van der Waals surface area (Å²) in [6.45, 7) is 2.35. The van der Waals surface area contributed by atoms with Crippen molar-refractivity contribution in [1.29, 1.82) is 0 Å². The van der Waals surface area contributed by atoms with E-state index >= 15 is 0 Å². The average Bonchev–Trinajstić information content (AvgIpc) is 2.24. The Bertz CT molecular complexity index is 175. The molecule has 0 aromatic rings. The third kappa shape index (κ3) is 2.94. The zero-order chi connectivity index (χ0) is 10.7. The van der Waals surface area contributed by atoms with Crippen molar-refractivity contribution in [3.8, 4) is 0 Å². The van der Waals surface area contributed by atoms with Crippen LogP contribution in [0.2, 0.25) is 0 Å². The molecule has 2 aliphatic carbocycles. The molecule has 2 heteroatoms. The van der Waals surface area contributed by atoms with Crippen LogP contribution in [-0.2, 0) is 0 Å². The molecule has 0 aromatic carbocycles. The molecule has 2 aliphatic rings. The first-order valence-corrected chi connectivity index (χ1v) is 6.71. The van der Waals surface area contributed by atoms with Crippen LogP contribution >= 0.6 is 0 Å². The summed E-state index contributed by atoms with van der Waals surface area (Å²) in [6, 6.07) is 1.04. The minimum absolute atomic E-state index is 0.0899. The van der Waals surface area contributed by atoms with Crippen molar-refractivity contribution in [2.24, 2.45) is 5.92 Å². The van der Waals surface area contributed by atoms with Crippen LogP contribution in [0.15, 0.2) is 0 Å². The molecule has 0 spiro atoms. The Hall–Kier alpha value is -0.0800. The largest absolute Gasteiger partial charge is 0.392 e. The molecule has 88 valence electrons. The Balaban J connectivity index is 1.83. The number of hydrogen-bond donors (Lipinski definition) is 2. The average molecular weight is 211 g/mol. The zero-order valence-corrected chi connectivity index (χ0v) is 9.91. The summed E-state index contributed by atoms with van der Waals surface area (Å²) >= 11 is 0. The van der Waals surface area contributed by atoms with Gasteiger partial charge in [0.15, 0.2) is 0 Å². The number of aliphatic hydroxyl groups excluding tert-OH is 1. The first kappa shape index (κ1) is 11.4. The van der Waals surface area contributed by atoms with Crippen molar-refractivity contribution in [1.82, 2.24) is 5.32 Å². The number of nitrogens with one attached hydrogen (secondary N) is 1. The maximum atomic E-state index is 9.92. The molecule has 0 aliphatic heterocycles. The van der Waals surface area contributed by atoms with Crippen LogP contribution < -0.4 is 5.32 Å². The monoisotopic (exact) mass is 211 g/mol. The summed E-state index contributed by atoms with van der Waals surface area (Å²) in [5.41, 5.74) is 0. The SMILES string of the molecule is CC1CCCCC1N[C@@H]1CCCC[C@H]1O. The van der Waals surface area contributed by atoms with Crippen LogP contribution in [0.4, 0.5) is 0 Å². The summed E-state index contributed by atoms with van der Waals surface area (Å²) in [7, 11) is 0. The molecule has 15 heavy (non-hydrogen) atoms. The Kier molecular flexibility index (Phi) is 4.04. The molecule has 2 fully saturated rings. The Morgan fingerprint density at radius 2 is 1.47 bits per heavy atom. The van der Waals surface area contributed by atoms with E-state index in [4.69, 9.17) is 0 Å². The van der Waals surface area contributed by atoms with Crippen molar-refractivity contribution in [2.75, 3.05) is 0 Å². The fraction of sp³-hybridized carbons (Fsp3) is 1.00. The van der Waals surface area contributed by atoms with Crippen molar-refractivity contribution in [2.45, 2.75) is 76.5 Å². The Morgan fingerprint density at radius 3 is 2.13 bits per heavy atom. The number of aliphatic hydroxyl groups is 1. The second-order valence-electron chi connectivity index (χ2n) is 5.49. The smallest absolute Gasteiger partial charge is 0.0693 e. The van der Waals surface area contributed by atoms with Gasteiger partial charge in [0.05, 0.1) is 6.10 Å². The molecular formula is C13H25NO. The van der Waals surface area contributed by atoms with E-state index in [9.17, 15) is 5.11 Å². The lowest BCUT2D eigenvalue weighted by Gasteiger charge is -2.37. The Labute approximate surface area is 93.5 Å². The minimum Gasteiger partial charge on any atom is -0.392 e. The van der Waals surface area contributed by atoms with E-state index in [-0.39, 0.29) is 6.10 Å². The predicted molar refractivity (Wildman–Crippen MR) is 62.8 cm³/mol. The molecule has 2 N–H and O–H groups in total. The van der Waals surface area contributed by atoms with E-state index in [1.807, 2.05) is 0 Å². The third-order valence-corrected chi connectivity index (χ3v) is 4.27. The summed E-state index contributed by atoms with van der Waals surface area (Å²) in [5.74, 6) is 0.799. The third-order valence-electron chi connectivity index (χ3n) is 4.27. The highest BCUT2D eigenvalue weighted by atomic mass is 16.3. The van der Waals surface area contributed by atoms with Gasteiger partial charge in [-0.25, -0.2) is 0 Å². The van der Waals surface area contributed by atoms with Gasteiger partial charge in [-0.2, -0.15) is 0 Å². The summed E-state index contributed by atoms with van der Waals surface area (Å²) in [5, 5.41) is 13.6. The molecule has 0 aromatic heterocycles. The molecule has 4 atom stereocenters. The summed E-state index contributed by atoms with van der Waals surface area (Å²) in [6.07, 6.45) is 10.0. The van der Waals surface area contributed by atoms with E-state index in [1.165, 1.54) is 44.9 Å². The minimum atomic E-state index is -0.0899. The van der Waals surface area contributed by atoms with Gasteiger partial charge in [0.1, 0.15) is 0 Å². The van der Waals surface area contributed by atoms with Crippen LogP contribution in [0.1, 0.15) is 58.3 Å². The van der Waals surface area contributed by atoms with Gasteiger partial charge in [-0.1, -0.05) is 32.6 Å². The lowest BCUT2D eigenvalue weighted by atomic mass is 9.84. The van der Waals surface area contributed by atoms with Crippen molar-refractivity contribution in [3.05, 3.63) is 0 Å². The van der Waals surface area contributed by atoms with E-state index in [0.717, 1.165) is 12.3 Å². The van der Waals surface area contributed by atoms with Crippen LogP contribution in [0.5, 0.6) is 0 Å². The lowest BCUT2D eigenvalue weighted by Crippen LogP contribution is -2.50. The van der Waals surface area contributed by atoms with Crippen molar-refractivity contribution >= 4 is 0 Å². The van der Waals surface area contributed by atoms with Crippen LogP contribution in [0.25, 0.3) is 0 Å². The maximum absolute atomic E-state index is 9.92. The summed E-state index contributed by atoms with van der Waals surface area (Å²) < 4.78 is 0. The normalized spacial score (nSPS) is 42.8. The molecule has 0 radical (unpaired) electrons. The molecule has 2 nitrogen and oxygen atoms in total. The maximum Gasteiger partial charge on any atom is 0.0693 e. The van der Waals surface area contributed by atoms with Gasteiger partial charge in [0, 0.05) is 12.1 Å². The summed E-state index contributed by atoms with van der Waals surface area (Å²) in [4.78, 5) is 0. The second-order valence-corrected chi connectivity index (χ2v) is 5.49. The molecule has 2 saturated carbocycles. The fourth-order valence-corrected chi connectivity index (χ4v) is 3.14. The first-order valence-electron chi connectivity index (χ1n) is 6.71. The van der Waals surface area contributed by atoms with Crippen molar-refractivity contribution < 1.29 is 5.11 Å². The second kappa shape index (κ2) is 5.31. The predicted octanol–water partition coefficient (Wildman–Crippen LogP) is 2.46. The molecule has 0 amide bonds. The van der Waals surface area contributed by atoms with Gasteiger partial charge in [0.25, 0.3) is 0 Å². The standard InChI is InChI=1S/C13H25NO/c1-10-6-2-3-7-11(10)14-12-8-4-5-9-13(12)15/h10-15H,2-9H2,1H3/t10?,11?,12-,13-/m1/s1. The molecule has 2 rings (SSSR count). The van der Waals surface area contributed by atoms with Gasteiger partial charge in [-0.15, -0.1) is 0 Å². The van der Waals surface area contributed by atoms with Gasteiger partial charge in [-0.05, 0) is 31.6 Å². The number of rotatable bonds is 2. The lowest BCUT2D eigenvalue weighted by molar-refractivity contribution is 0.0758. The van der Waals surface area contributed by atoms with Crippen LogP contribution in [0, 0.1) is 5.92 Å². The quantitative estimate of drug-likeness (QED) is 0.735. The fourth-order valence-electron chi connectivity index (χ4n) is 3.14. The van der Waals surface area contributed by atoms with E-state index < -0.39 is 0 Å². The van der Waals surface area contributed by atoms with Gasteiger partial charge in [-0.3, -0.25) is 0 Å². The van der Waals surface area contributed by atoms with Crippen molar-refractivity contribution in [3.63, 3.8) is 0 Å². The molecule has 0 saturated heterocycles. The zero-order valence-electron chi connectivity index (χ0n) is 9.91. The highest BCUT2D eigenvalue weighted by Crippen LogP contribution is 2.26. The van der Waals surface area contributed by atoms with E-state index in [2.05, 4.69) is 12.2 Å².